The van der Waals surface area contributed by atoms with E-state index in [2.05, 4.69) is 5.32 Å². The summed E-state index contributed by atoms with van der Waals surface area (Å²) in [6, 6.07) is 14.6. The smallest absolute Gasteiger partial charge is 0.239 e. The van der Waals surface area contributed by atoms with E-state index in [0.29, 0.717) is 24.5 Å². The molecule has 0 radical (unpaired) electrons. The van der Waals surface area contributed by atoms with Crippen molar-refractivity contribution < 1.29 is 14.3 Å². The standard InChI is InChI=1S/C21H23ClN2O3/c1-14(2)27-18-9-3-15(4-10-18)13-23-20(25)19-11-12-24(21(19)26)17-7-5-16(22)6-8-17/h3-10,14,19H,11-13H2,1-2H3,(H,23,25)/t19-/m1/s1. The third-order valence-corrected chi connectivity index (χ3v) is 4.67. The van der Waals surface area contributed by atoms with Gasteiger partial charge in [-0.15, -0.1) is 0 Å². The first-order chi connectivity index (χ1) is 12.9. The van der Waals surface area contributed by atoms with Crippen molar-refractivity contribution in [3.8, 4) is 5.75 Å². The molecule has 142 valence electrons. The number of carbonyl (C=O) groups excluding carboxylic acids is 2. The maximum absolute atomic E-state index is 12.6. The van der Waals surface area contributed by atoms with Gasteiger partial charge in [0.25, 0.3) is 0 Å². The van der Waals surface area contributed by atoms with Crippen molar-refractivity contribution in [1.29, 1.82) is 0 Å². The Morgan fingerprint density at radius 3 is 2.48 bits per heavy atom. The number of carbonyl (C=O) groups is 2. The maximum Gasteiger partial charge on any atom is 0.239 e. The highest BCUT2D eigenvalue weighted by Gasteiger charge is 2.37. The van der Waals surface area contributed by atoms with Crippen molar-refractivity contribution in [3.63, 3.8) is 0 Å². The zero-order valence-corrected chi connectivity index (χ0v) is 16.2. The molecule has 6 heteroatoms. The summed E-state index contributed by atoms with van der Waals surface area (Å²) < 4.78 is 5.61. The molecule has 2 amide bonds. The summed E-state index contributed by atoms with van der Waals surface area (Å²) in [5, 5.41) is 3.48. The number of nitrogens with zero attached hydrogens (tertiary/aromatic N) is 1. The largest absolute Gasteiger partial charge is 0.491 e. The number of rotatable bonds is 6. The zero-order chi connectivity index (χ0) is 19.4. The average Bonchev–Trinajstić information content (AvgIpc) is 3.03. The second-order valence-corrected chi connectivity index (χ2v) is 7.27. The van der Waals surface area contributed by atoms with Gasteiger partial charge in [-0.1, -0.05) is 23.7 Å². The average molecular weight is 387 g/mol. The van der Waals surface area contributed by atoms with E-state index in [9.17, 15) is 9.59 Å². The Hall–Kier alpha value is -2.53. The van der Waals surface area contributed by atoms with Crippen LogP contribution in [0.15, 0.2) is 48.5 Å². The summed E-state index contributed by atoms with van der Waals surface area (Å²) in [4.78, 5) is 26.7. The van der Waals surface area contributed by atoms with E-state index in [-0.39, 0.29) is 17.9 Å². The Labute approximate surface area is 164 Å². The molecule has 27 heavy (non-hydrogen) atoms. The van der Waals surface area contributed by atoms with Gasteiger partial charge in [-0.05, 0) is 62.2 Å². The van der Waals surface area contributed by atoms with Gasteiger partial charge in [0.2, 0.25) is 11.8 Å². The third kappa shape index (κ3) is 4.80. The van der Waals surface area contributed by atoms with Gasteiger partial charge in [0.05, 0.1) is 6.10 Å². The molecule has 1 aliphatic heterocycles. The van der Waals surface area contributed by atoms with Gasteiger partial charge in [-0.3, -0.25) is 9.59 Å². The third-order valence-electron chi connectivity index (χ3n) is 4.42. The van der Waals surface area contributed by atoms with E-state index in [4.69, 9.17) is 16.3 Å². The Balaban J connectivity index is 1.55. The topological polar surface area (TPSA) is 58.6 Å². The lowest BCUT2D eigenvalue weighted by molar-refractivity contribution is -0.132. The van der Waals surface area contributed by atoms with Gasteiger partial charge in [0, 0.05) is 23.8 Å². The SMILES string of the molecule is CC(C)Oc1ccc(CNC(=O)[C@H]2CCN(c3ccc(Cl)cc3)C2=O)cc1. The van der Waals surface area contributed by atoms with Crippen LogP contribution < -0.4 is 15.0 Å². The molecule has 0 aliphatic carbocycles. The Kier molecular flexibility index (Phi) is 6.01. The minimum atomic E-state index is -0.649. The quantitative estimate of drug-likeness (QED) is 0.768. The predicted molar refractivity (Wildman–Crippen MR) is 106 cm³/mol. The van der Waals surface area contributed by atoms with E-state index >= 15 is 0 Å². The van der Waals surface area contributed by atoms with Crippen LogP contribution in [0, 0.1) is 5.92 Å². The van der Waals surface area contributed by atoms with Crippen molar-refractivity contribution >= 4 is 29.1 Å². The second-order valence-electron chi connectivity index (χ2n) is 6.84. The second kappa shape index (κ2) is 8.44. The number of nitrogens with one attached hydrogen (secondary N) is 1. The van der Waals surface area contributed by atoms with Gasteiger partial charge >= 0.3 is 0 Å². The lowest BCUT2D eigenvalue weighted by Crippen LogP contribution is -2.36. The molecule has 2 aromatic rings. The molecular weight excluding hydrogens is 364 g/mol. The van der Waals surface area contributed by atoms with Crippen LogP contribution in [0.3, 0.4) is 0 Å². The van der Waals surface area contributed by atoms with Gasteiger partial charge in [0.1, 0.15) is 11.7 Å². The van der Waals surface area contributed by atoms with Crippen molar-refractivity contribution in [1.82, 2.24) is 5.32 Å². The number of ether oxygens (including phenoxy) is 1. The Morgan fingerprint density at radius 1 is 1.19 bits per heavy atom. The summed E-state index contributed by atoms with van der Waals surface area (Å²) in [6.45, 7) is 4.85. The van der Waals surface area contributed by atoms with E-state index < -0.39 is 5.92 Å². The molecule has 2 aromatic carbocycles. The van der Waals surface area contributed by atoms with Crippen LogP contribution in [-0.4, -0.2) is 24.5 Å². The number of anilines is 1. The number of hydrogen-bond donors (Lipinski definition) is 1. The van der Waals surface area contributed by atoms with Crippen LogP contribution in [0.4, 0.5) is 5.69 Å². The fourth-order valence-corrected chi connectivity index (χ4v) is 3.20. The van der Waals surface area contributed by atoms with Gasteiger partial charge in [0.15, 0.2) is 0 Å². The molecule has 1 heterocycles. The minimum absolute atomic E-state index is 0.118. The molecule has 0 unspecified atom stereocenters. The summed E-state index contributed by atoms with van der Waals surface area (Å²) in [5.74, 6) is -0.261. The van der Waals surface area contributed by atoms with Crippen LogP contribution in [0.25, 0.3) is 0 Å². The number of hydrogen-bond acceptors (Lipinski definition) is 3. The van der Waals surface area contributed by atoms with Crippen LogP contribution in [0.1, 0.15) is 25.8 Å². The van der Waals surface area contributed by atoms with E-state index in [1.165, 1.54) is 0 Å². The van der Waals surface area contributed by atoms with Crippen LogP contribution in [0.5, 0.6) is 5.75 Å². The first kappa shape index (κ1) is 19.2. The van der Waals surface area contributed by atoms with E-state index in [0.717, 1.165) is 17.0 Å². The highest BCUT2D eigenvalue weighted by Crippen LogP contribution is 2.26. The zero-order valence-electron chi connectivity index (χ0n) is 15.4. The normalized spacial score (nSPS) is 16.7. The molecule has 0 bridgehead atoms. The summed E-state index contributed by atoms with van der Waals surface area (Å²) in [6.07, 6.45) is 0.626. The molecule has 0 aromatic heterocycles. The molecule has 1 atom stereocenters. The maximum atomic E-state index is 12.6. The molecule has 1 aliphatic rings. The van der Waals surface area contributed by atoms with Crippen LogP contribution in [0.2, 0.25) is 5.02 Å². The fourth-order valence-electron chi connectivity index (χ4n) is 3.07. The molecule has 0 saturated carbocycles. The molecular formula is C21H23ClN2O3. The Morgan fingerprint density at radius 2 is 1.85 bits per heavy atom. The fraction of sp³-hybridized carbons (Fsp3) is 0.333. The van der Waals surface area contributed by atoms with Crippen LogP contribution >= 0.6 is 11.6 Å². The Bertz CT molecular complexity index is 803. The van der Waals surface area contributed by atoms with E-state index in [1.54, 1.807) is 29.2 Å². The van der Waals surface area contributed by atoms with Crippen molar-refractivity contribution in [2.75, 3.05) is 11.4 Å². The minimum Gasteiger partial charge on any atom is -0.491 e. The van der Waals surface area contributed by atoms with Gasteiger partial charge < -0.3 is 15.0 Å². The van der Waals surface area contributed by atoms with E-state index in [1.807, 2.05) is 38.1 Å². The van der Waals surface area contributed by atoms with Crippen molar-refractivity contribution in [2.45, 2.75) is 32.9 Å². The highest BCUT2D eigenvalue weighted by atomic mass is 35.5. The molecule has 1 fully saturated rings. The molecule has 0 spiro atoms. The van der Waals surface area contributed by atoms with Gasteiger partial charge in [-0.2, -0.15) is 0 Å². The predicted octanol–water partition coefficient (Wildman–Crippen LogP) is 3.80. The molecule has 1 N–H and O–H groups in total. The van der Waals surface area contributed by atoms with Crippen molar-refractivity contribution in [3.05, 3.63) is 59.1 Å². The lowest BCUT2D eigenvalue weighted by atomic mass is 10.1. The number of benzene rings is 2. The highest BCUT2D eigenvalue weighted by molar-refractivity contribution is 6.30. The lowest BCUT2D eigenvalue weighted by Gasteiger charge is -2.17. The number of amides is 2. The molecule has 5 nitrogen and oxygen atoms in total. The number of halogens is 1. The monoisotopic (exact) mass is 386 g/mol. The molecule has 3 rings (SSSR count). The first-order valence-electron chi connectivity index (χ1n) is 9.04. The molecule has 1 saturated heterocycles. The summed E-state index contributed by atoms with van der Waals surface area (Å²) in [5.41, 5.74) is 1.72. The van der Waals surface area contributed by atoms with Crippen LogP contribution in [-0.2, 0) is 16.1 Å². The van der Waals surface area contributed by atoms with Crippen molar-refractivity contribution in [2.24, 2.45) is 5.92 Å². The van der Waals surface area contributed by atoms with Gasteiger partial charge in [-0.25, -0.2) is 0 Å². The summed E-state index contributed by atoms with van der Waals surface area (Å²) >= 11 is 5.89. The summed E-state index contributed by atoms with van der Waals surface area (Å²) in [7, 11) is 0. The first-order valence-corrected chi connectivity index (χ1v) is 9.42.